The zero-order chi connectivity index (χ0) is 10.0. The molecule has 0 aliphatic carbocycles. The molecule has 0 saturated carbocycles. The van der Waals surface area contributed by atoms with Crippen LogP contribution >= 0.6 is 45.2 Å². The van der Waals surface area contributed by atoms with E-state index in [1.807, 2.05) is 45.2 Å². The lowest BCUT2D eigenvalue weighted by Gasteiger charge is -2.08. The molecule has 0 saturated heterocycles. The zero-order valence-electron chi connectivity index (χ0n) is 6.27. The van der Waals surface area contributed by atoms with Crippen LogP contribution in [0.15, 0.2) is 6.07 Å². The number of nitrogens with zero attached hydrogens (tertiary/aromatic N) is 1. The average Bonchev–Trinajstić information content (AvgIpc) is 2.02. The number of pyridine rings is 1. The first kappa shape index (κ1) is 11.5. The summed E-state index contributed by atoms with van der Waals surface area (Å²) in [6.45, 7) is -0.401. The molecule has 2 nitrogen and oxygen atoms in total. The molecule has 1 N–H and O–H groups in total. The summed E-state index contributed by atoms with van der Waals surface area (Å²) in [6.07, 6.45) is -2.56. The molecule has 0 atom stereocenters. The molecule has 1 aromatic heterocycles. The van der Waals surface area contributed by atoms with Crippen LogP contribution in [0, 0.1) is 7.40 Å². The first-order chi connectivity index (χ1) is 6.06. The van der Waals surface area contributed by atoms with Crippen LogP contribution in [-0.2, 0) is 6.61 Å². The molecular formula is C7H5F2I2NO. The second-order valence-electron chi connectivity index (χ2n) is 2.26. The Labute approximate surface area is 101 Å². The van der Waals surface area contributed by atoms with Gasteiger partial charge in [0.15, 0.2) is 0 Å². The largest absolute Gasteiger partial charge is 0.392 e. The van der Waals surface area contributed by atoms with Crippen LogP contribution in [0.3, 0.4) is 0 Å². The molecule has 0 bridgehead atoms. The van der Waals surface area contributed by atoms with E-state index in [2.05, 4.69) is 4.98 Å². The fourth-order valence-electron chi connectivity index (χ4n) is 0.879. The second kappa shape index (κ2) is 4.78. The molecular weight excluding hydrogens is 406 g/mol. The number of aromatic nitrogens is 1. The maximum absolute atomic E-state index is 12.4. The van der Waals surface area contributed by atoms with Crippen molar-refractivity contribution in [3.63, 3.8) is 0 Å². The van der Waals surface area contributed by atoms with Gasteiger partial charge in [-0.3, -0.25) is 0 Å². The van der Waals surface area contributed by atoms with E-state index >= 15 is 0 Å². The van der Waals surface area contributed by atoms with E-state index < -0.39 is 13.0 Å². The lowest BCUT2D eigenvalue weighted by Crippen LogP contribution is -2.02. The minimum absolute atomic E-state index is 0.133. The summed E-state index contributed by atoms with van der Waals surface area (Å²) in [5.41, 5.74) is 0.0855. The van der Waals surface area contributed by atoms with Crippen molar-refractivity contribution >= 4 is 45.2 Å². The molecule has 6 heteroatoms. The van der Waals surface area contributed by atoms with Gasteiger partial charge in [-0.2, -0.15) is 0 Å². The molecule has 0 amide bonds. The van der Waals surface area contributed by atoms with Crippen LogP contribution in [-0.4, -0.2) is 10.1 Å². The molecule has 0 radical (unpaired) electrons. The Kier molecular flexibility index (Phi) is 4.23. The van der Waals surface area contributed by atoms with Gasteiger partial charge in [-0.25, -0.2) is 13.8 Å². The number of aliphatic hydroxyl groups is 1. The highest BCUT2D eigenvalue weighted by atomic mass is 127. The Morgan fingerprint density at radius 2 is 2.08 bits per heavy atom. The third-order valence-electron chi connectivity index (χ3n) is 1.47. The Morgan fingerprint density at radius 1 is 1.46 bits per heavy atom. The van der Waals surface area contributed by atoms with Crippen molar-refractivity contribution in [1.82, 2.24) is 4.98 Å². The van der Waals surface area contributed by atoms with Gasteiger partial charge in [0, 0.05) is 11.1 Å². The van der Waals surface area contributed by atoms with Crippen molar-refractivity contribution in [3.8, 4) is 0 Å². The quantitative estimate of drug-likeness (QED) is 0.600. The van der Waals surface area contributed by atoms with E-state index in [-0.39, 0.29) is 11.1 Å². The molecule has 1 aromatic rings. The van der Waals surface area contributed by atoms with Gasteiger partial charge in [0.1, 0.15) is 7.40 Å². The van der Waals surface area contributed by atoms with Gasteiger partial charge in [0.2, 0.25) is 0 Å². The lowest BCUT2D eigenvalue weighted by molar-refractivity contribution is 0.146. The van der Waals surface area contributed by atoms with Crippen molar-refractivity contribution < 1.29 is 13.9 Å². The average molecular weight is 411 g/mol. The van der Waals surface area contributed by atoms with Crippen LogP contribution in [0.25, 0.3) is 0 Å². The number of aliphatic hydroxyl groups excluding tert-OH is 1. The predicted octanol–water partition coefficient (Wildman–Crippen LogP) is 2.72. The summed E-state index contributed by atoms with van der Waals surface area (Å²) >= 11 is 3.70. The fraction of sp³-hybridized carbons (Fsp3) is 0.286. The highest BCUT2D eigenvalue weighted by molar-refractivity contribution is 14.1. The highest BCUT2D eigenvalue weighted by Crippen LogP contribution is 2.26. The number of hydrogen-bond acceptors (Lipinski definition) is 2. The molecule has 0 spiro atoms. The van der Waals surface area contributed by atoms with E-state index in [4.69, 9.17) is 5.11 Å². The molecule has 13 heavy (non-hydrogen) atoms. The minimum Gasteiger partial charge on any atom is -0.392 e. The van der Waals surface area contributed by atoms with Crippen LogP contribution in [0.2, 0.25) is 0 Å². The Balaban J connectivity index is 3.29. The van der Waals surface area contributed by atoms with Crippen molar-refractivity contribution in [2.75, 3.05) is 0 Å². The zero-order valence-corrected chi connectivity index (χ0v) is 10.6. The summed E-state index contributed by atoms with van der Waals surface area (Å²) in [7, 11) is 0. The van der Waals surface area contributed by atoms with Gasteiger partial charge < -0.3 is 5.11 Å². The first-order valence-corrected chi connectivity index (χ1v) is 5.45. The van der Waals surface area contributed by atoms with Gasteiger partial charge in [-0.15, -0.1) is 0 Å². The monoisotopic (exact) mass is 411 g/mol. The smallest absolute Gasteiger partial charge is 0.264 e. The third kappa shape index (κ3) is 2.69. The summed E-state index contributed by atoms with van der Waals surface area (Å²) in [4.78, 5) is 3.97. The molecule has 0 fully saturated rings. The maximum Gasteiger partial charge on any atom is 0.264 e. The number of rotatable bonds is 2. The topological polar surface area (TPSA) is 33.1 Å². The third-order valence-corrected chi connectivity index (χ3v) is 2.92. The Bertz CT molecular complexity index is 320. The van der Waals surface area contributed by atoms with E-state index in [0.29, 0.717) is 7.40 Å². The van der Waals surface area contributed by atoms with E-state index in [1.165, 1.54) is 6.07 Å². The number of halogens is 4. The van der Waals surface area contributed by atoms with Crippen LogP contribution in [0.4, 0.5) is 8.78 Å². The minimum atomic E-state index is -2.56. The van der Waals surface area contributed by atoms with Crippen molar-refractivity contribution in [2.24, 2.45) is 0 Å². The van der Waals surface area contributed by atoms with Gasteiger partial charge in [-0.05, 0) is 51.2 Å². The molecule has 72 valence electrons. The molecule has 1 heterocycles. The summed E-state index contributed by atoms with van der Waals surface area (Å²) in [6, 6.07) is 1.29. The number of alkyl halides is 2. The molecule has 1 rings (SSSR count). The van der Waals surface area contributed by atoms with Gasteiger partial charge >= 0.3 is 0 Å². The first-order valence-electron chi connectivity index (χ1n) is 3.30. The molecule has 0 aromatic carbocycles. The summed E-state index contributed by atoms with van der Waals surface area (Å²) in [5.74, 6) is 0. The lowest BCUT2D eigenvalue weighted by atomic mass is 10.1. The Hall–Kier alpha value is 0.430. The predicted molar refractivity (Wildman–Crippen MR) is 60.6 cm³/mol. The number of hydrogen-bond donors (Lipinski definition) is 1. The standard InChI is InChI=1S/C7H5F2I2NO/c8-6(9)3-1-5(10)12-7(11)4(3)2-13/h1,6,13H,2H2. The SMILES string of the molecule is OCc1c(C(F)F)cc(I)nc1I. The summed E-state index contributed by atoms with van der Waals surface area (Å²) < 4.78 is 25.8. The van der Waals surface area contributed by atoms with Crippen molar-refractivity contribution in [2.45, 2.75) is 13.0 Å². The second-order valence-corrected chi connectivity index (χ2v) is 4.39. The van der Waals surface area contributed by atoms with E-state index in [1.54, 1.807) is 0 Å². The summed E-state index contributed by atoms with van der Waals surface area (Å²) in [5, 5.41) is 8.86. The maximum atomic E-state index is 12.4. The molecule has 0 aliphatic rings. The highest BCUT2D eigenvalue weighted by Gasteiger charge is 2.16. The molecule has 0 aliphatic heterocycles. The van der Waals surface area contributed by atoms with E-state index in [9.17, 15) is 8.78 Å². The van der Waals surface area contributed by atoms with Gasteiger partial charge in [0.05, 0.1) is 6.61 Å². The van der Waals surface area contributed by atoms with E-state index in [0.717, 1.165) is 0 Å². The van der Waals surface area contributed by atoms with Crippen LogP contribution < -0.4 is 0 Å². The fourth-order valence-corrected chi connectivity index (χ4v) is 2.66. The van der Waals surface area contributed by atoms with Gasteiger partial charge in [0.25, 0.3) is 6.43 Å². The van der Waals surface area contributed by atoms with Gasteiger partial charge in [-0.1, -0.05) is 0 Å². The Morgan fingerprint density at radius 3 is 2.54 bits per heavy atom. The normalized spacial score (nSPS) is 10.9. The van der Waals surface area contributed by atoms with Crippen molar-refractivity contribution in [1.29, 1.82) is 0 Å². The van der Waals surface area contributed by atoms with Crippen molar-refractivity contribution in [3.05, 3.63) is 24.6 Å². The van der Waals surface area contributed by atoms with Crippen LogP contribution in [0.5, 0.6) is 0 Å². The van der Waals surface area contributed by atoms with Crippen LogP contribution in [0.1, 0.15) is 17.6 Å². The molecule has 0 unspecified atom stereocenters.